The third-order valence-electron chi connectivity index (χ3n) is 4.51. The van der Waals surface area contributed by atoms with Crippen molar-refractivity contribution in [2.45, 2.75) is 43.6 Å². The first-order valence-corrected chi connectivity index (χ1v) is 7.87. The lowest BCUT2D eigenvalue weighted by Crippen LogP contribution is -2.52. The van der Waals surface area contributed by atoms with Crippen LogP contribution in [0.5, 0.6) is 0 Å². The fourth-order valence-electron chi connectivity index (χ4n) is 3.19. The number of alkyl halides is 3. The summed E-state index contributed by atoms with van der Waals surface area (Å²) in [6.45, 7) is 0.214. The normalized spacial score (nSPS) is 21.4. The summed E-state index contributed by atoms with van der Waals surface area (Å²) in [5, 5.41) is 15.2. The molecule has 0 spiro atoms. The van der Waals surface area contributed by atoms with Gasteiger partial charge in [0.15, 0.2) is 0 Å². The molecule has 2 aliphatic heterocycles. The maximum absolute atomic E-state index is 13.2. The molecular formula is C16H16F3N3O3. The Bertz CT molecular complexity index is 727. The van der Waals surface area contributed by atoms with Crippen LogP contribution in [0.2, 0.25) is 0 Å². The van der Waals surface area contributed by atoms with Crippen LogP contribution in [0.15, 0.2) is 34.5 Å². The highest BCUT2D eigenvalue weighted by molar-refractivity contribution is 5.95. The highest BCUT2D eigenvalue weighted by Gasteiger charge is 2.70. The van der Waals surface area contributed by atoms with Crippen molar-refractivity contribution in [1.29, 1.82) is 0 Å². The molecule has 1 aromatic carbocycles. The molecule has 9 heteroatoms. The van der Waals surface area contributed by atoms with E-state index in [0.29, 0.717) is 12.0 Å². The number of amides is 1. The number of carbonyl (C=O) groups is 2. The molecule has 1 N–H and O–H groups in total. The van der Waals surface area contributed by atoms with Crippen LogP contribution in [0.25, 0.3) is 0 Å². The first-order valence-electron chi connectivity index (χ1n) is 7.87. The van der Waals surface area contributed by atoms with Gasteiger partial charge in [0.1, 0.15) is 0 Å². The third kappa shape index (κ3) is 3.22. The number of halogens is 3. The summed E-state index contributed by atoms with van der Waals surface area (Å²) < 4.78 is 39.7. The standard InChI is InChI=1S/C16H16F3N3O3/c17-16(18,19)15(20-21-15)12-5-2-8-22(12)14(25)11-4-1-3-10(9-11)6-7-13(23)24/h1,3-4,9,12H,2,5-8H2,(H,23,24). The van der Waals surface area contributed by atoms with Gasteiger partial charge in [0.2, 0.25) is 0 Å². The minimum Gasteiger partial charge on any atom is -0.481 e. The number of rotatable bonds is 5. The number of aliphatic carboxylic acids is 1. The summed E-state index contributed by atoms with van der Waals surface area (Å²) in [6, 6.07) is 5.21. The SMILES string of the molecule is O=C(O)CCc1cccc(C(=O)N2CCCC2C2(C(F)(F)F)N=N2)c1. The summed E-state index contributed by atoms with van der Waals surface area (Å²) in [6.07, 6.45) is -3.81. The van der Waals surface area contributed by atoms with Gasteiger partial charge < -0.3 is 10.0 Å². The summed E-state index contributed by atoms with van der Waals surface area (Å²) in [5.74, 6) is -1.47. The first-order chi connectivity index (χ1) is 11.7. The van der Waals surface area contributed by atoms with Crippen molar-refractivity contribution in [1.82, 2.24) is 4.90 Å². The number of carboxylic acids is 1. The highest BCUT2D eigenvalue weighted by atomic mass is 19.4. The predicted octanol–water partition coefficient (Wildman–Crippen LogP) is 3.03. The number of likely N-dealkylation sites (tertiary alicyclic amines) is 1. The van der Waals surface area contributed by atoms with Crippen LogP contribution in [0.1, 0.15) is 35.2 Å². The van der Waals surface area contributed by atoms with E-state index in [0.717, 1.165) is 0 Å². The molecule has 6 nitrogen and oxygen atoms in total. The summed E-state index contributed by atoms with van der Waals surface area (Å²) in [5.41, 5.74) is -1.59. The molecule has 1 amide bonds. The molecule has 1 fully saturated rings. The van der Waals surface area contributed by atoms with Crippen LogP contribution in [0.3, 0.4) is 0 Å². The van der Waals surface area contributed by atoms with Crippen molar-refractivity contribution in [3.05, 3.63) is 35.4 Å². The smallest absolute Gasteiger partial charge is 0.439 e. The lowest BCUT2D eigenvalue weighted by molar-refractivity contribution is -0.175. The second kappa shape index (κ2) is 6.12. The lowest BCUT2D eigenvalue weighted by Gasteiger charge is -2.29. The Morgan fingerprint density at radius 1 is 1.32 bits per heavy atom. The Hall–Kier alpha value is -2.45. The van der Waals surface area contributed by atoms with Crippen LogP contribution in [-0.2, 0) is 11.2 Å². The van der Waals surface area contributed by atoms with Gasteiger partial charge in [-0.05, 0) is 37.0 Å². The zero-order chi connectivity index (χ0) is 18.2. The molecule has 134 valence electrons. The zero-order valence-electron chi connectivity index (χ0n) is 13.2. The number of aryl methyl sites for hydroxylation is 1. The number of nitrogens with zero attached hydrogens (tertiary/aromatic N) is 3. The van der Waals surface area contributed by atoms with E-state index in [1.165, 1.54) is 17.0 Å². The van der Waals surface area contributed by atoms with E-state index in [2.05, 4.69) is 10.2 Å². The predicted molar refractivity (Wildman–Crippen MR) is 80.1 cm³/mol. The minimum absolute atomic E-state index is 0.0844. The van der Waals surface area contributed by atoms with E-state index >= 15 is 0 Å². The molecule has 0 aromatic heterocycles. The van der Waals surface area contributed by atoms with Crippen LogP contribution in [0, 0.1) is 0 Å². The third-order valence-corrected chi connectivity index (χ3v) is 4.51. The Balaban J connectivity index is 1.78. The van der Waals surface area contributed by atoms with Gasteiger partial charge in [-0.2, -0.15) is 13.2 Å². The number of carbonyl (C=O) groups excluding carboxylic acids is 1. The second-order valence-electron chi connectivity index (χ2n) is 6.17. The number of hydrogen-bond acceptors (Lipinski definition) is 4. The van der Waals surface area contributed by atoms with E-state index in [9.17, 15) is 22.8 Å². The number of hydrogen-bond donors (Lipinski definition) is 1. The van der Waals surface area contributed by atoms with Gasteiger partial charge in [-0.3, -0.25) is 9.59 Å². The van der Waals surface area contributed by atoms with Gasteiger partial charge in [0.25, 0.3) is 5.91 Å². The summed E-state index contributed by atoms with van der Waals surface area (Å²) in [7, 11) is 0. The molecule has 0 saturated carbocycles. The molecule has 2 aliphatic rings. The Labute approximate surface area is 141 Å². The first kappa shape index (κ1) is 17.4. The van der Waals surface area contributed by atoms with Crippen molar-refractivity contribution in [3.63, 3.8) is 0 Å². The van der Waals surface area contributed by atoms with Crippen LogP contribution >= 0.6 is 0 Å². The second-order valence-corrected chi connectivity index (χ2v) is 6.17. The molecule has 1 saturated heterocycles. The fraction of sp³-hybridized carbons (Fsp3) is 0.500. The molecule has 1 atom stereocenters. The van der Waals surface area contributed by atoms with Crippen molar-refractivity contribution in [3.8, 4) is 0 Å². The van der Waals surface area contributed by atoms with Crippen molar-refractivity contribution >= 4 is 11.9 Å². The van der Waals surface area contributed by atoms with Crippen LogP contribution in [0.4, 0.5) is 13.2 Å². The molecule has 1 unspecified atom stereocenters. The van der Waals surface area contributed by atoms with Gasteiger partial charge in [-0.25, -0.2) is 0 Å². The van der Waals surface area contributed by atoms with E-state index in [1.54, 1.807) is 12.1 Å². The summed E-state index contributed by atoms with van der Waals surface area (Å²) >= 11 is 0. The molecule has 3 rings (SSSR count). The van der Waals surface area contributed by atoms with Crippen molar-refractivity contribution in [2.24, 2.45) is 10.2 Å². The average Bonchev–Trinajstić information content (AvgIpc) is 3.24. The number of benzene rings is 1. The Morgan fingerprint density at radius 3 is 2.64 bits per heavy atom. The summed E-state index contributed by atoms with van der Waals surface area (Å²) in [4.78, 5) is 24.5. The maximum atomic E-state index is 13.2. The van der Waals surface area contributed by atoms with E-state index in [1.807, 2.05) is 0 Å². The largest absolute Gasteiger partial charge is 0.481 e. The van der Waals surface area contributed by atoms with Crippen LogP contribution < -0.4 is 0 Å². The molecule has 0 aliphatic carbocycles. The van der Waals surface area contributed by atoms with Crippen molar-refractivity contribution < 1.29 is 27.9 Å². The monoisotopic (exact) mass is 355 g/mol. The molecule has 1 aromatic rings. The van der Waals surface area contributed by atoms with E-state index < -0.39 is 29.8 Å². The Kier molecular flexibility index (Phi) is 4.26. The fourth-order valence-corrected chi connectivity index (χ4v) is 3.19. The molecule has 0 radical (unpaired) electrons. The van der Waals surface area contributed by atoms with Crippen molar-refractivity contribution in [2.75, 3.05) is 6.54 Å². The highest BCUT2D eigenvalue weighted by Crippen LogP contribution is 2.51. The molecule has 25 heavy (non-hydrogen) atoms. The molecular weight excluding hydrogens is 339 g/mol. The lowest BCUT2D eigenvalue weighted by atomic mass is 10.00. The average molecular weight is 355 g/mol. The van der Waals surface area contributed by atoms with Gasteiger partial charge >= 0.3 is 17.8 Å². The molecule has 0 bridgehead atoms. The minimum atomic E-state index is -4.62. The van der Waals surface area contributed by atoms with Gasteiger partial charge in [0.05, 0.1) is 6.04 Å². The van der Waals surface area contributed by atoms with Gasteiger partial charge in [-0.15, -0.1) is 10.2 Å². The van der Waals surface area contributed by atoms with E-state index in [-0.39, 0.29) is 31.4 Å². The zero-order valence-corrected chi connectivity index (χ0v) is 13.2. The van der Waals surface area contributed by atoms with Crippen LogP contribution in [-0.4, -0.2) is 46.3 Å². The maximum Gasteiger partial charge on any atom is 0.439 e. The van der Waals surface area contributed by atoms with E-state index in [4.69, 9.17) is 5.11 Å². The topological polar surface area (TPSA) is 82.3 Å². The number of carboxylic acid groups (broad SMARTS) is 1. The quantitative estimate of drug-likeness (QED) is 0.881. The van der Waals surface area contributed by atoms with Gasteiger partial charge in [-0.1, -0.05) is 12.1 Å². The Morgan fingerprint density at radius 2 is 2.04 bits per heavy atom. The van der Waals surface area contributed by atoms with Gasteiger partial charge in [0, 0.05) is 18.5 Å². The molecule has 2 heterocycles.